The number of ether oxygens (including phenoxy) is 3. The van der Waals surface area contributed by atoms with E-state index in [9.17, 15) is 40.2 Å². The van der Waals surface area contributed by atoms with E-state index < -0.39 is 52.2 Å². The Hall–Kier alpha value is -4.48. The Balaban J connectivity index is 1.30. The van der Waals surface area contributed by atoms with Gasteiger partial charge in [-0.3, -0.25) is 0 Å². The van der Waals surface area contributed by atoms with Crippen molar-refractivity contribution in [1.82, 2.24) is 0 Å². The van der Waals surface area contributed by atoms with Crippen LogP contribution in [-0.2, 0) is 12.4 Å². The lowest BCUT2D eigenvalue weighted by molar-refractivity contribution is -0.140. The Morgan fingerprint density at radius 2 is 1.04 bits per heavy atom. The molecule has 0 saturated heterocycles. The molecule has 0 radical (unpaired) electrons. The first-order valence-corrected chi connectivity index (χ1v) is 14.8. The van der Waals surface area contributed by atoms with Crippen LogP contribution in [-0.4, -0.2) is 24.9 Å². The summed E-state index contributed by atoms with van der Waals surface area (Å²) in [4.78, 5) is 0. The maximum absolute atomic E-state index is 14.7. The first-order valence-electron chi connectivity index (χ1n) is 14.8. The van der Waals surface area contributed by atoms with Crippen molar-refractivity contribution in [3.8, 4) is 45.3 Å². The summed E-state index contributed by atoms with van der Waals surface area (Å²) in [6, 6.07) is 15.8. The van der Waals surface area contributed by atoms with Crippen LogP contribution in [0.25, 0.3) is 22.3 Å². The van der Waals surface area contributed by atoms with Crippen LogP contribution in [0, 0.1) is 17.6 Å². The molecule has 4 aromatic carbocycles. The van der Waals surface area contributed by atoms with Crippen molar-refractivity contribution < 1.29 is 54.4 Å². The van der Waals surface area contributed by atoms with Crippen molar-refractivity contribution in [3.05, 3.63) is 95.6 Å². The Kier molecular flexibility index (Phi) is 11.3. The zero-order chi connectivity index (χ0) is 34.4. The van der Waals surface area contributed by atoms with E-state index in [1.165, 1.54) is 60.7 Å². The van der Waals surface area contributed by atoms with Crippen LogP contribution in [0.3, 0.4) is 0 Å². The fourth-order valence-corrected chi connectivity index (χ4v) is 5.13. The van der Waals surface area contributed by atoms with Crippen molar-refractivity contribution in [2.45, 2.75) is 45.5 Å². The van der Waals surface area contributed by atoms with Crippen LogP contribution in [0.15, 0.2) is 72.8 Å². The second kappa shape index (κ2) is 15.0. The maximum Gasteiger partial charge on any atom is 0.419 e. The largest absolute Gasteiger partial charge is 0.505 e. The molecule has 0 aliphatic heterocycles. The summed E-state index contributed by atoms with van der Waals surface area (Å²) < 4.78 is 127. The predicted octanol–water partition coefficient (Wildman–Crippen LogP) is 10.7. The zero-order valence-corrected chi connectivity index (χ0v) is 25.4. The molecule has 12 heteroatoms. The lowest BCUT2D eigenvalue weighted by Gasteiger charge is -2.18. The quantitative estimate of drug-likeness (QED) is 0.144. The molecule has 0 spiro atoms. The van der Waals surface area contributed by atoms with E-state index in [1.807, 2.05) is 6.92 Å². The van der Waals surface area contributed by atoms with Gasteiger partial charge in [0.05, 0.1) is 19.8 Å². The van der Waals surface area contributed by atoms with Crippen LogP contribution in [0.1, 0.15) is 44.2 Å². The molecule has 0 bridgehead atoms. The molecule has 4 nitrogen and oxygen atoms in total. The van der Waals surface area contributed by atoms with Gasteiger partial charge in [0.15, 0.2) is 23.1 Å². The summed E-state index contributed by atoms with van der Waals surface area (Å²) in [5.41, 5.74) is -3.40. The lowest BCUT2D eigenvalue weighted by atomic mass is 9.98. The average molecular weight is 669 g/mol. The van der Waals surface area contributed by atoms with Gasteiger partial charge in [0.2, 0.25) is 0 Å². The van der Waals surface area contributed by atoms with Crippen LogP contribution in [0.5, 0.6) is 23.0 Å². The molecular formula is C35H32F8O4. The highest BCUT2D eigenvalue weighted by Gasteiger charge is 2.39. The highest BCUT2D eigenvalue weighted by molar-refractivity contribution is 5.71. The third-order valence-electron chi connectivity index (χ3n) is 7.59. The van der Waals surface area contributed by atoms with Gasteiger partial charge >= 0.3 is 12.4 Å². The van der Waals surface area contributed by atoms with Gasteiger partial charge < -0.3 is 19.3 Å². The van der Waals surface area contributed by atoms with E-state index in [-0.39, 0.29) is 29.2 Å². The number of hydrogen-bond acceptors (Lipinski definition) is 4. The Bertz CT molecular complexity index is 1630. The highest BCUT2D eigenvalue weighted by Crippen LogP contribution is 2.43. The van der Waals surface area contributed by atoms with Crippen LogP contribution >= 0.6 is 0 Å². The van der Waals surface area contributed by atoms with E-state index in [0.717, 1.165) is 18.6 Å². The SMILES string of the molecule is CCOc1ccc(-c2ccc(OCCC(CC)CCOc3ccc(-c4ccc(O)c(F)c4C(F)(F)F)cc3)cc2)c(C(F)(F)F)c1F. The van der Waals surface area contributed by atoms with Crippen LogP contribution in [0.2, 0.25) is 0 Å². The molecule has 0 amide bonds. The van der Waals surface area contributed by atoms with E-state index in [2.05, 4.69) is 0 Å². The minimum atomic E-state index is -5.01. The number of benzene rings is 4. The number of hydrogen-bond donors (Lipinski definition) is 1. The molecule has 0 aromatic heterocycles. The summed E-state index contributed by atoms with van der Waals surface area (Å²) in [5, 5.41) is 9.41. The summed E-state index contributed by atoms with van der Waals surface area (Å²) in [5.74, 6) is -3.71. The molecule has 1 unspecified atom stereocenters. The predicted molar refractivity (Wildman–Crippen MR) is 161 cm³/mol. The Morgan fingerprint density at radius 1 is 0.596 bits per heavy atom. The van der Waals surface area contributed by atoms with Gasteiger partial charge in [-0.1, -0.05) is 37.6 Å². The Labute approximate surface area is 266 Å². The molecule has 0 heterocycles. The molecule has 0 fully saturated rings. The normalized spacial score (nSPS) is 12.6. The van der Waals surface area contributed by atoms with Gasteiger partial charge in [0.1, 0.15) is 22.6 Å². The molecule has 252 valence electrons. The fourth-order valence-electron chi connectivity index (χ4n) is 5.13. The Morgan fingerprint density at radius 3 is 1.47 bits per heavy atom. The number of phenolic OH excluding ortho intramolecular Hbond substituents is 1. The van der Waals surface area contributed by atoms with Gasteiger partial charge in [-0.2, -0.15) is 26.3 Å². The monoisotopic (exact) mass is 668 g/mol. The average Bonchev–Trinajstić information content (AvgIpc) is 3.02. The zero-order valence-electron chi connectivity index (χ0n) is 25.4. The minimum absolute atomic E-state index is 0.0179. The summed E-state index contributed by atoms with van der Waals surface area (Å²) in [6.07, 6.45) is -7.84. The topological polar surface area (TPSA) is 47.9 Å². The molecule has 47 heavy (non-hydrogen) atoms. The molecule has 1 atom stereocenters. The van der Waals surface area contributed by atoms with Crippen molar-refractivity contribution in [2.24, 2.45) is 5.92 Å². The molecular weight excluding hydrogens is 636 g/mol. The van der Waals surface area contributed by atoms with Crippen molar-refractivity contribution >= 4 is 0 Å². The van der Waals surface area contributed by atoms with Gasteiger partial charge in [-0.05, 0) is 96.5 Å². The fraction of sp³-hybridized carbons (Fsp3) is 0.314. The van der Waals surface area contributed by atoms with E-state index in [4.69, 9.17) is 14.2 Å². The van der Waals surface area contributed by atoms with Crippen molar-refractivity contribution in [1.29, 1.82) is 0 Å². The van der Waals surface area contributed by atoms with Gasteiger partial charge in [0, 0.05) is 0 Å². The van der Waals surface area contributed by atoms with Crippen LogP contribution in [0.4, 0.5) is 35.1 Å². The molecule has 4 rings (SSSR count). The smallest absolute Gasteiger partial charge is 0.419 e. The second-order valence-electron chi connectivity index (χ2n) is 10.6. The lowest BCUT2D eigenvalue weighted by Crippen LogP contribution is -2.12. The van der Waals surface area contributed by atoms with E-state index >= 15 is 0 Å². The summed E-state index contributed by atoms with van der Waals surface area (Å²) in [7, 11) is 0. The molecule has 0 aliphatic carbocycles. The number of rotatable bonds is 13. The van der Waals surface area contributed by atoms with Crippen LogP contribution < -0.4 is 14.2 Å². The van der Waals surface area contributed by atoms with E-state index in [0.29, 0.717) is 37.6 Å². The summed E-state index contributed by atoms with van der Waals surface area (Å²) in [6.45, 7) is 4.20. The number of alkyl halides is 6. The number of halogens is 8. The standard InChI is InChI=1S/C35H32F8O4/c1-3-21(17-19-46-24-9-5-22(6-10-24)26-13-15-28(44)32(36)30(26)34(38,39)40)18-20-47-25-11-7-23(8-12-25)27-14-16-29(45-4-2)33(37)31(27)35(41,42)43/h5-16,21,44H,3-4,17-20H2,1-2H3. The second-order valence-corrected chi connectivity index (χ2v) is 10.6. The third-order valence-corrected chi connectivity index (χ3v) is 7.59. The summed E-state index contributed by atoms with van der Waals surface area (Å²) >= 11 is 0. The number of phenols is 1. The first kappa shape index (κ1) is 35.4. The number of aromatic hydroxyl groups is 1. The molecule has 0 aliphatic rings. The highest BCUT2D eigenvalue weighted by atomic mass is 19.4. The molecule has 1 N–H and O–H groups in total. The molecule has 0 saturated carbocycles. The molecule has 4 aromatic rings. The van der Waals surface area contributed by atoms with Gasteiger partial charge in [-0.25, -0.2) is 8.78 Å². The van der Waals surface area contributed by atoms with Gasteiger partial charge in [0.25, 0.3) is 0 Å². The third kappa shape index (κ3) is 8.66. The van der Waals surface area contributed by atoms with Gasteiger partial charge in [-0.15, -0.1) is 0 Å². The maximum atomic E-state index is 14.7. The van der Waals surface area contributed by atoms with Crippen molar-refractivity contribution in [2.75, 3.05) is 19.8 Å². The van der Waals surface area contributed by atoms with E-state index in [1.54, 1.807) is 6.92 Å². The van der Waals surface area contributed by atoms with Crippen molar-refractivity contribution in [3.63, 3.8) is 0 Å². The first-order chi connectivity index (χ1) is 22.2. The minimum Gasteiger partial charge on any atom is -0.505 e.